The molecule has 1 aromatic carbocycles. The van der Waals surface area contributed by atoms with Crippen LogP contribution in [0.25, 0.3) is 0 Å². The van der Waals surface area contributed by atoms with Crippen LogP contribution in [0.15, 0.2) is 35.4 Å². The number of rotatable bonds is 4. The maximum Gasteiger partial charge on any atom is 0.246 e. The van der Waals surface area contributed by atoms with Crippen LogP contribution in [-0.4, -0.2) is 43.3 Å². The molecule has 7 nitrogen and oxygen atoms in total. The van der Waals surface area contributed by atoms with Gasteiger partial charge in [0.15, 0.2) is 0 Å². The van der Waals surface area contributed by atoms with Crippen molar-refractivity contribution in [1.29, 1.82) is 0 Å². The molecule has 166 valence electrons. The molecule has 1 unspecified atom stereocenters. The molecule has 9 heteroatoms. The number of ether oxygens (including phenoxy) is 1. The number of carbonyl (C=O) groups is 1. The summed E-state index contributed by atoms with van der Waals surface area (Å²) < 4.78 is 33.0. The van der Waals surface area contributed by atoms with Crippen molar-refractivity contribution in [2.75, 3.05) is 19.7 Å². The number of hydrogen-bond acceptors (Lipinski definition) is 5. The van der Waals surface area contributed by atoms with Crippen LogP contribution in [-0.2, 0) is 14.8 Å². The van der Waals surface area contributed by atoms with Crippen molar-refractivity contribution in [1.82, 2.24) is 14.6 Å². The lowest BCUT2D eigenvalue weighted by atomic mass is 9.93. The molecule has 4 rings (SSSR count). The van der Waals surface area contributed by atoms with Gasteiger partial charge in [0, 0.05) is 37.2 Å². The van der Waals surface area contributed by atoms with Crippen molar-refractivity contribution in [2.24, 2.45) is 5.92 Å². The van der Waals surface area contributed by atoms with E-state index in [4.69, 9.17) is 16.3 Å². The quantitative estimate of drug-likeness (QED) is 0.702. The second-order valence-electron chi connectivity index (χ2n) is 8.17. The highest BCUT2D eigenvalue weighted by Crippen LogP contribution is 2.36. The fourth-order valence-electron chi connectivity index (χ4n) is 4.38. The van der Waals surface area contributed by atoms with Gasteiger partial charge in [-0.2, -0.15) is 4.31 Å². The van der Waals surface area contributed by atoms with Gasteiger partial charge in [0.25, 0.3) is 0 Å². The minimum atomic E-state index is -3.73. The van der Waals surface area contributed by atoms with E-state index in [9.17, 15) is 13.2 Å². The molecule has 1 N–H and O–H groups in total. The summed E-state index contributed by atoms with van der Waals surface area (Å²) >= 11 is 5.99. The largest absolute Gasteiger partial charge is 0.493 e. The van der Waals surface area contributed by atoms with E-state index in [1.54, 1.807) is 6.07 Å². The van der Waals surface area contributed by atoms with E-state index in [0.717, 1.165) is 22.4 Å². The number of piperidine rings is 1. The molecule has 1 saturated heterocycles. The topological polar surface area (TPSA) is 88.6 Å². The van der Waals surface area contributed by atoms with Gasteiger partial charge in [-0.1, -0.05) is 29.3 Å². The Morgan fingerprint density at radius 1 is 1.23 bits per heavy atom. The van der Waals surface area contributed by atoms with Crippen LogP contribution in [0.3, 0.4) is 0 Å². The van der Waals surface area contributed by atoms with Gasteiger partial charge in [-0.3, -0.25) is 4.79 Å². The average molecular weight is 464 g/mol. The molecule has 31 heavy (non-hydrogen) atoms. The van der Waals surface area contributed by atoms with Gasteiger partial charge >= 0.3 is 0 Å². The Bertz CT molecular complexity index is 1100. The zero-order valence-corrected chi connectivity index (χ0v) is 19.2. The van der Waals surface area contributed by atoms with Gasteiger partial charge in [0.05, 0.1) is 12.6 Å². The van der Waals surface area contributed by atoms with Crippen LogP contribution in [0.5, 0.6) is 5.75 Å². The first-order valence-corrected chi connectivity index (χ1v) is 12.2. The summed E-state index contributed by atoms with van der Waals surface area (Å²) in [5, 5.41) is 3.14. The summed E-state index contributed by atoms with van der Waals surface area (Å²) in [5.74, 6) is 0.595. The van der Waals surface area contributed by atoms with Crippen LogP contribution < -0.4 is 10.1 Å². The maximum absolute atomic E-state index is 13.0. The number of nitrogens with zero attached hydrogens (tertiary/aromatic N) is 2. The van der Waals surface area contributed by atoms with E-state index in [1.165, 1.54) is 16.6 Å². The molecule has 2 aliphatic heterocycles. The lowest BCUT2D eigenvalue weighted by Crippen LogP contribution is -2.44. The minimum absolute atomic E-state index is 0.00382. The highest BCUT2D eigenvalue weighted by molar-refractivity contribution is 7.89. The summed E-state index contributed by atoms with van der Waals surface area (Å²) in [6.45, 7) is 5.15. The van der Waals surface area contributed by atoms with Gasteiger partial charge in [-0.25, -0.2) is 13.4 Å². The summed E-state index contributed by atoms with van der Waals surface area (Å²) in [6.07, 6.45) is 3.10. The third-order valence-electron chi connectivity index (χ3n) is 5.96. The molecule has 0 bridgehead atoms. The first-order valence-electron chi connectivity index (χ1n) is 10.4. The highest BCUT2D eigenvalue weighted by atomic mass is 35.5. The molecule has 0 spiro atoms. The molecule has 2 aliphatic rings. The first kappa shape index (κ1) is 22.0. The lowest BCUT2D eigenvalue weighted by molar-refractivity contribution is -0.127. The van der Waals surface area contributed by atoms with Crippen LogP contribution in [0.2, 0.25) is 5.15 Å². The molecule has 0 aliphatic carbocycles. The van der Waals surface area contributed by atoms with Crippen LogP contribution in [0.1, 0.15) is 42.0 Å². The van der Waals surface area contributed by atoms with Gasteiger partial charge in [-0.05, 0) is 44.4 Å². The minimum Gasteiger partial charge on any atom is -0.493 e. The van der Waals surface area contributed by atoms with Gasteiger partial charge in [0.2, 0.25) is 15.9 Å². The highest BCUT2D eigenvalue weighted by Gasteiger charge is 2.34. The monoisotopic (exact) mass is 463 g/mol. The van der Waals surface area contributed by atoms with E-state index in [0.29, 0.717) is 25.9 Å². The maximum atomic E-state index is 13.0. The zero-order chi connectivity index (χ0) is 22.2. The van der Waals surface area contributed by atoms with E-state index in [2.05, 4.69) is 22.4 Å². The number of pyridine rings is 1. The molecular weight excluding hydrogens is 438 g/mol. The number of halogens is 1. The fourth-order valence-corrected chi connectivity index (χ4v) is 6.28. The van der Waals surface area contributed by atoms with Crippen molar-refractivity contribution in [2.45, 2.75) is 44.0 Å². The Morgan fingerprint density at radius 2 is 1.97 bits per heavy atom. The second kappa shape index (κ2) is 8.76. The number of aromatic nitrogens is 1. The number of nitrogens with one attached hydrogen (secondary N) is 1. The zero-order valence-electron chi connectivity index (χ0n) is 17.6. The lowest BCUT2D eigenvalue weighted by Gasteiger charge is -2.33. The normalized spacial score (nSPS) is 20.0. The number of fused-ring (bicyclic) bond motifs is 1. The molecule has 0 saturated carbocycles. The number of aryl methyl sites for hydroxylation is 2. The number of carbonyl (C=O) groups excluding carboxylic acids is 1. The average Bonchev–Trinajstić information content (AvgIpc) is 2.74. The predicted molar refractivity (Wildman–Crippen MR) is 118 cm³/mol. The number of sulfonamides is 1. The Labute approximate surface area is 187 Å². The number of benzene rings is 1. The Hall–Kier alpha value is -2.16. The first-order chi connectivity index (χ1) is 14.8. The van der Waals surface area contributed by atoms with Gasteiger partial charge in [-0.15, -0.1) is 0 Å². The SMILES string of the molecule is Cc1cc(C)c2c(c1)C(NC(=O)C1CCN(S(=O)(=O)c3cccnc3Cl)CC1)CCO2. The standard InChI is InChI=1S/C22H26ClN3O4S/c1-14-12-15(2)20-17(13-14)18(7-11-30-20)25-22(27)16-5-9-26(10-6-16)31(28,29)19-4-3-8-24-21(19)23/h3-4,8,12-13,16,18H,5-7,9-11H2,1-2H3,(H,25,27). The van der Waals surface area contributed by atoms with Crippen molar-refractivity contribution < 1.29 is 17.9 Å². The summed E-state index contributed by atoms with van der Waals surface area (Å²) in [5.41, 5.74) is 3.22. The van der Waals surface area contributed by atoms with Crippen molar-refractivity contribution in [3.8, 4) is 5.75 Å². The second-order valence-corrected chi connectivity index (χ2v) is 10.4. The molecule has 1 atom stereocenters. The van der Waals surface area contributed by atoms with Crippen molar-refractivity contribution >= 4 is 27.5 Å². The van der Waals surface area contributed by atoms with E-state index in [1.807, 2.05) is 13.8 Å². The van der Waals surface area contributed by atoms with Crippen LogP contribution in [0, 0.1) is 19.8 Å². The van der Waals surface area contributed by atoms with Crippen molar-refractivity contribution in [3.63, 3.8) is 0 Å². The molecule has 1 aromatic heterocycles. The Balaban J connectivity index is 1.42. The molecule has 0 radical (unpaired) electrons. The fraction of sp³-hybridized carbons (Fsp3) is 0.455. The third kappa shape index (κ3) is 4.42. The van der Waals surface area contributed by atoms with Gasteiger partial charge in [0.1, 0.15) is 15.8 Å². The van der Waals surface area contributed by atoms with Crippen LogP contribution in [0.4, 0.5) is 0 Å². The Kier molecular flexibility index (Phi) is 6.23. The molecule has 3 heterocycles. The summed E-state index contributed by atoms with van der Waals surface area (Å²) in [6, 6.07) is 7.06. The van der Waals surface area contributed by atoms with E-state index < -0.39 is 10.0 Å². The molecule has 1 amide bonds. The van der Waals surface area contributed by atoms with Crippen LogP contribution >= 0.6 is 11.6 Å². The molecular formula is C22H26ClN3O4S. The predicted octanol–water partition coefficient (Wildman–Crippen LogP) is 3.39. The van der Waals surface area contributed by atoms with Crippen molar-refractivity contribution in [3.05, 3.63) is 52.3 Å². The Morgan fingerprint density at radius 3 is 2.68 bits per heavy atom. The third-order valence-corrected chi connectivity index (χ3v) is 8.30. The van der Waals surface area contributed by atoms with E-state index >= 15 is 0 Å². The summed E-state index contributed by atoms with van der Waals surface area (Å²) in [7, 11) is -3.73. The smallest absolute Gasteiger partial charge is 0.246 e. The molecule has 1 fully saturated rings. The number of amides is 1. The number of hydrogen-bond donors (Lipinski definition) is 1. The van der Waals surface area contributed by atoms with E-state index in [-0.39, 0.29) is 41.0 Å². The van der Waals surface area contributed by atoms with Gasteiger partial charge < -0.3 is 10.1 Å². The molecule has 2 aromatic rings. The summed E-state index contributed by atoms with van der Waals surface area (Å²) in [4.78, 5) is 16.8.